The number of likely N-dealkylation sites (tertiary alicyclic amines) is 2. The highest BCUT2D eigenvalue weighted by Gasteiger charge is 2.47. The minimum Gasteiger partial charge on any atom is -0.356 e. The molecule has 28 heavy (non-hydrogen) atoms. The lowest BCUT2D eigenvalue weighted by molar-refractivity contribution is -0.167. The van der Waals surface area contributed by atoms with Gasteiger partial charge >= 0.3 is 0 Å². The highest BCUT2D eigenvalue weighted by Crippen LogP contribution is 2.41. The van der Waals surface area contributed by atoms with E-state index in [1.807, 2.05) is 36.1 Å². The second-order valence-electron chi connectivity index (χ2n) is 8.85. The molecule has 0 unspecified atom stereocenters. The molecule has 0 N–H and O–H groups in total. The lowest BCUT2D eigenvalue weighted by Crippen LogP contribution is -2.54. The van der Waals surface area contributed by atoms with Crippen molar-refractivity contribution in [3.05, 3.63) is 35.4 Å². The Morgan fingerprint density at radius 3 is 2.50 bits per heavy atom. The van der Waals surface area contributed by atoms with Gasteiger partial charge in [-0.1, -0.05) is 24.3 Å². The molecule has 6 nitrogen and oxygen atoms in total. The van der Waals surface area contributed by atoms with E-state index in [9.17, 15) is 9.59 Å². The fourth-order valence-electron chi connectivity index (χ4n) is 5.01. The van der Waals surface area contributed by atoms with Crippen molar-refractivity contribution in [2.24, 2.45) is 5.41 Å². The molecular weight excluding hydrogens is 354 g/mol. The van der Waals surface area contributed by atoms with Crippen LogP contribution >= 0.6 is 0 Å². The lowest BCUT2D eigenvalue weighted by atomic mass is 9.78. The normalized spacial score (nSPS) is 28.2. The van der Waals surface area contributed by atoms with Crippen LogP contribution in [0.25, 0.3) is 0 Å². The molecule has 3 saturated heterocycles. The number of ether oxygens (including phenoxy) is 1. The first-order chi connectivity index (χ1) is 13.4. The molecule has 0 aliphatic carbocycles. The van der Waals surface area contributed by atoms with Gasteiger partial charge in [-0.3, -0.25) is 9.59 Å². The van der Waals surface area contributed by atoms with E-state index in [4.69, 9.17) is 4.74 Å². The molecule has 3 aliphatic heterocycles. The minimum atomic E-state index is -0.634. The summed E-state index contributed by atoms with van der Waals surface area (Å²) < 4.78 is 5.86. The van der Waals surface area contributed by atoms with E-state index in [0.29, 0.717) is 0 Å². The summed E-state index contributed by atoms with van der Waals surface area (Å²) in [6.07, 6.45) is 2.74. The van der Waals surface area contributed by atoms with E-state index >= 15 is 0 Å². The maximum Gasteiger partial charge on any atom is 0.254 e. The topological polar surface area (TPSA) is 53.1 Å². The molecule has 6 heteroatoms. The summed E-state index contributed by atoms with van der Waals surface area (Å²) in [5, 5.41) is 0. The molecule has 4 rings (SSSR count). The molecule has 2 amide bonds. The van der Waals surface area contributed by atoms with E-state index in [0.717, 1.165) is 56.6 Å². The van der Waals surface area contributed by atoms with Crippen LogP contribution in [-0.4, -0.2) is 79.5 Å². The quantitative estimate of drug-likeness (QED) is 0.780. The first-order valence-electron chi connectivity index (χ1n) is 10.3. The standard InChI is InChI=1S/C22H31N3O3/c1-16-6-4-5-7-17(16)19-20(28-14-18(26)24(19)3)21(27)25-13-10-22(15-25)8-11-23(2)12-9-22/h4-7,19-20H,8-15H2,1-3H3/t19-,20+/m1/s1. The van der Waals surface area contributed by atoms with E-state index in [-0.39, 0.29) is 29.9 Å². The summed E-state index contributed by atoms with van der Waals surface area (Å²) in [7, 11) is 3.95. The van der Waals surface area contributed by atoms with Crippen LogP contribution in [0, 0.1) is 12.3 Å². The molecule has 2 atom stereocenters. The van der Waals surface area contributed by atoms with Crippen LogP contribution in [0.5, 0.6) is 0 Å². The van der Waals surface area contributed by atoms with Crippen LogP contribution in [0.4, 0.5) is 0 Å². The third-order valence-corrected chi connectivity index (χ3v) is 7.03. The number of morpholine rings is 1. The zero-order valence-corrected chi connectivity index (χ0v) is 17.2. The SMILES string of the molecule is Cc1ccccc1[C@@H]1[C@@H](C(=O)N2CCC3(CCN(C)CC3)C2)OCC(=O)N1C. The van der Waals surface area contributed by atoms with Crippen molar-refractivity contribution in [2.45, 2.75) is 38.3 Å². The van der Waals surface area contributed by atoms with Gasteiger partial charge in [-0.05, 0) is 62.9 Å². The summed E-state index contributed by atoms with van der Waals surface area (Å²) in [4.78, 5) is 31.9. The van der Waals surface area contributed by atoms with Crippen LogP contribution in [0.2, 0.25) is 0 Å². The Morgan fingerprint density at radius 2 is 1.79 bits per heavy atom. The fraction of sp³-hybridized carbons (Fsp3) is 0.636. The highest BCUT2D eigenvalue weighted by atomic mass is 16.5. The Balaban J connectivity index is 1.55. The molecule has 1 spiro atoms. The van der Waals surface area contributed by atoms with Gasteiger partial charge < -0.3 is 19.4 Å². The lowest BCUT2D eigenvalue weighted by Gasteiger charge is -2.41. The highest BCUT2D eigenvalue weighted by molar-refractivity contribution is 5.86. The van der Waals surface area contributed by atoms with Crippen LogP contribution in [-0.2, 0) is 14.3 Å². The molecule has 0 radical (unpaired) electrons. The van der Waals surface area contributed by atoms with Crippen molar-refractivity contribution in [3.8, 4) is 0 Å². The Morgan fingerprint density at radius 1 is 1.11 bits per heavy atom. The van der Waals surface area contributed by atoms with Crippen molar-refractivity contribution in [1.82, 2.24) is 14.7 Å². The Labute approximate surface area is 167 Å². The summed E-state index contributed by atoms with van der Waals surface area (Å²) in [6.45, 7) is 5.81. The number of likely N-dealkylation sites (N-methyl/N-ethyl adjacent to an activating group) is 1. The first-order valence-corrected chi connectivity index (χ1v) is 10.3. The average molecular weight is 386 g/mol. The number of carbonyl (C=O) groups excluding carboxylic acids is 2. The summed E-state index contributed by atoms with van der Waals surface area (Å²) in [5.74, 6) is -0.0473. The molecule has 1 aromatic rings. The number of aryl methyl sites for hydroxylation is 1. The van der Waals surface area contributed by atoms with Crippen LogP contribution in [0.15, 0.2) is 24.3 Å². The second-order valence-corrected chi connectivity index (χ2v) is 8.85. The number of amides is 2. The maximum atomic E-state index is 13.5. The number of carbonyl (C=O) groups is 2. The molecular formula is C22H31N3O3. The van der Waals surface area contributed by atoms with Gasteiger partial charge in [0, 0.05) is 20.1 Å². The Kier molecular flexibility index (Phi) is 5.19. The Bertz CT molecular complexity index is 757. The molecule has 0 bridgehead atoms. The number of hydrogen-bond acceptors (Lipinski definition) is 4. The van der Waals surface area contributed by atoms with Crippen LogP contribution in [0.3, 0.4) is 0 Å². The number of nitrogens with zero attached hydrogens (tertiary/aromatic N) is 3. The predicted octanol–water partition coefficient (Wildman–Crippen LogP) is 1.84. The first kappa shape index (κ1) is 19.4. The summed E-state index contributed by atoms with van der Waals surface area (Å²) in [6, 6.07) is 7.59. The number of piperidine rings is 1. The number of rotatable bonds is 2. The van der Waals surface area contributed by atoms with Gasteiger partial charge in [-0.25, -0.2) is 0 Å². The zero-order valence-electron chi connectivity index (χ0n) is 17.2. The molecule has 1 aromatic carbocycles. The van der Waals surface area contributed by atoms with E-state index in [2.05, 4.69) is 11.9 Å². The number of hydrogen-bond donors (Lipinski definition) is 0. The van der Waals surface area contributed by atoms with Crippen molar-refractivity contribution in [1.29, 1.82) is 0 Å². The smallest absolute Gasteiger partial charge is 0.254 e. The van der Waals surface area contributed by atoms with Gasteiger partial charge in [0.05, 0.1) is 6.04 Å². The van der Waals surface area contributed by atoms with Crippen LogP contribution < -0.4 is 0 Å². The van der Waals surface area contributed by atoms with E-state index in [1.165, 1.54) is 0 Å². The third kappa shape index (κ3) is 3.44. The van der Waals surface area contributed by atoms with Crippen molar-refractivity contribution < 1.29 is 14.3 Å². The van der Waals surface area contributed by atoms with Gasteiger partial charge in [0.15, 0.2) is 6.10 Å². The monoisotopic (exact) mass is 385 g/mol. The molecule has 3 heterocycles. The minimum absolute atomic E-state index is 0.0287. The van der Waals surface area contributed by atoms with Gasteiger partial charge in [0.25, 0.3) is 5.91 Å². The molecule has 152 valence electrons. The summed E-state index contributed by atoms with van der Waals surface area (Å²) in [5.41, 5.74) is 2.32. The van der Waals surface area contributed by atoms with Crippen molar-refractivity contribution in [2.75, 3.05) is 46.9 Å². The zero-order chi connectivity index (χ0) is 19.9. The molecule has 0 aromatic heterocycles. The maximum absolute atomic E-state index is 13.5. The van der Waals surface area contributed by atoms with Crippen LogP contribution in [0.1, 0.15) is 36.4 Å². The molecule has 3 aliphatic rings. The molecule has 3 fully saturated rings. The van der Waals surface area contributed by atoms with Crippen molar-refractivity contribution >= 4 is 11.8 Å². The average Bonchev–Trinajstić information content (AvgIpc) is 3.11. The third-order valence-electron chi connectivity index (χ3n) is 7.03. The van der Waals surface area contributed by atoms with Gasteiger partial charge in [-0.2, -0.15) is 0 Å². The summed E-state index contributed by atoms with van der Waals surface area (Å²) >= 11 is 0. The second kappa shape index (κ2) is 7.48. The Hall–Kier alpha value is -1.92. The van der Waals surface area contributed by atoms with Gasteiger partial charge in [-0.15, -0.1) is 0 Å². The number of benzene rings is 1. The van der Waals surface area contributed by atoms with E-state index in [1.54, 1.807) is 11.9 Å². The fourth-order valence-corrected chi connectivity index (χ4v) is 5.01. The van der Waals surface area contributed by atoms with Gasteiger partial charge in [0.1, 0.15) is 6.61 Å². The largest absolute Gasteiger partial charge is 0.356 e. The van der Waals surface area contributed by atoms with Crippen molar-refractivity contribution in [3.63, 3.8) is 0 Å². The van der Waals surface area contributed by atoms with Gasteiger partial charge in [0.2, 0.25) is 5.91 Å². The van der Waals surface area contributed by atoms with E-state index < -0.39 is 6.10 Å². The molecule has 0 saturated carbocycles. The predicted molar refractivity (Wildman–Crippen MR) is 107 cm³/mol.